The molecule has 20 heavy (non-hydrogen) atoms. The van der Waals surface area contributed by atoms with Gasteiger partial charge in [0.2, 0.25) is 0 Å². The van der Waals surface area contributed by atoms with E-state index < -0.39 is 29.8 Å². The molecule has 0 amide bonds. The minimum atomic E-state index is -1.17. The van der Waals surface area contributed by atoms with Gasteiger partial charge in [-0.25, -0.2) is 4.79 Å². The van der Waals surface area contributed by atoms with Crippen molar-refractivity contribution in [1.29, 1.82) is 0 Å². The lowest BCUT2D eigenvalue weighted by Crippen LogP contribution is -2.67. The predicted molar refractivity (Wildman–Crippen MR) is 66.5 cm³/mol. The molecule has 0 aromatic heterocycles. The molecule has 6 N–H and O–H groups in total. The summed E-state index contributed by atoms with van der Waals surface area (Å²) in [5, 5.41) is 40.9. The molecule has 108 valence electrons. The van der Waals surface area contributed by atoms with Gasteiger partial charge < -0.3 is 31.1 Å². The van der Waals surface area contributed by atoms with Gasteiger partial charge in [0.1, 0.15) is 12.1 Å². The quantitative estimate of drug-likeness (QED) is 0.482. The van der Waals surface area contributed by atoms with Gasteiger partial charge >= 0.3 is 5.97 Å². The van der Waals surface area contributed by atoms with E-state index in [1.165, 1.54) is 6.07 Å². The third-order valence-corrected chi connectivity index (χ3v) is 4.28. The minimum absolute atomic E-state index is 0.0758. The molecule has 0 bridgehead atoms. The lowest BCUT2D eigenvalue weighted by atomic mass is 9.90. The number of hydrogen-bond donors (Lipinski definition) is 4. The normalized spacial score (nSPS) is 31.2. The van der Waals surface area contributed by atoms with Crippen molar-refractivity contribution in [3.63, 3.8) is 0 Å². The molecule has 0 radical (unpaired) electrons. The molecular weight excluding hydrogens is 264 g/mol. The van der Waals surface area contributed by atoms with Gasteiger partial charge in [0.25, 0.3) is 0 Å². The Morgan fingerprint density at radius 3 is 2.80 bits per heavy atom. The fourth-order valence-electron chi connectivity index (χ4n) is 3.38. The van der Waals surface area contributed by atoms with Crippen LogP contribution in [0.3, 0.4) is 0 Å². The third kappa shape index (κ3) is 1.60. The second-order valence-electron chi connectivity index (χ2n) is 5.40. The van der Waals surface area contributed by atoms with E-state index in [4.69, 9.17) is 5.11 Å². The van der Waals surface area contributed by atoms with Gasteiger partial charge in [-0.15, -0.1) is 5.75 Å². The molecule has 0 spiro atoms. The molecular formula is C13H16N2O5. The number of fused-ring (bicyclic) bond motifs is 3. The number of aliphatic hydroxyl groups excluding tert-OH is 2. The van der Waals surface area contributed by atoms with Crippen LogP contribution in [0.4, 0.5) is 5.69 Å². The number of carbonyl (C=O) groups is 1. The first-order valence-electron chi connectivity index (χ1n) is 6.42. The Balaban J connectivity index is 2.16. The van der Waals surface area contributed by atoms with Crippen molar-refractivity contribution in [1.82, 2.24) is 0 Å². The summed E-state index contributed by atoms with van der Waals surface area (Å²) in [5.74, 6) is -2.07. The van der Waals surface area contributed by atoms with E-state index in [9.17, 15) is 20.1 Å². The first-order chi connectivity index (χ1) is 9.45. The standard InChI is InChI=1S/C13H16N2O5/c14-7-3-15-8-1-5(13(19)20)2-9(17)10(8)6(4-16)11(15)12(7)18/h1-2,6-7,11-12,16-18H,3-4,14H2,(H,19,20)/t6-,7+,11?,12-/m1/s1. The molecule has 4 atom stereocenters. The largest absolute Gasteiger partial charge is 0.872 e. The Bertz CT molecular complexity index is 576. The smallest absolute Gasteiger partial charge is 0.335 e. The van der Waals surface area contributed by atoms with Crippen molar-refractivity contribution in [2.75, 3.05) is 18.1 Å². The first kappa shape index (κ1) is 13.2. The molecule has 1 aromatic rings. The van der Waals surface area contributed by atoms with Crippen molar-refractivity contribution in [3.05, 3.63) is 23.3 Å². The lowest BCUT2D eigenvalue weighted by Gasteiger charge is -2.23. The Morgan fingerprint density at radius 1 is 1.50 bits per heavy atom. The van der Waals surface area contributed by atoms with Crippen LogP contribution in [0.5, 0.6) is 5.75 Å². The molecule has 2 heterocycles. The monoisotopic (exact) mass is 280 g/mol. The molecule has 7 heteroatoms. The maximum absolute atomic E-state index is 12.1. The van der Waals surface area contributed by atoms with Crippen molar-refractivity contribution >= 4 is 11.7 Å². The van der Waals surface area contributed by atoms with Crippen molar-refractivity contribution in [2.24, 2.45) is 0 Å². The molecule has 2 aliphatic heterocycles. The van der Waals surface area contributed by atoms with E-state index in [0.717, 1.165) is 6.07 Å². The van der Waals surface area contributed by atoms with E-state index in [0.29, 0.717) is 17.8 Å². The topological polar surface area (TPSA) is 132 Å². The number of anilines is 1. The minimum Gasteiger partial charge on any atom is -0.872 e. The third-order valence-electron chi connectivity index (χ3n) is 4.28. The summed E-state index contributed by atoms with van der Waals surface area (Å²) in [6.45, 7) is 0.178. The highest BCUT2D eigenvalue weighted by atomic mass is 16.4. The van der Waals surface area contributed by atoms with Gasteiger partial charge in [0.15, 0.2) is 0 Å². The molecule has 1 saturated heterocycles. The zero-order chi connectivity index (χ0) is 14.6. The fourth-order valence-corrected chi connectivity index (χ4v) is 3.38. The summed E-state index contributed by atoms with van der Waals surface area (Å²) >= 11 is 0. The fraction of sp³-hybridized carbons (Fsp3) is 0.462. The SMILES string of the molecule is [NH3+][C@H]1CN2c3cc(C(=O)O)cc([O-])c3[C@@H](CO)C2[C@@H]1O. The highest BCUT2D eigenvalue weighted by Crippen LogP contribution is 2.48. The van der Waals surface area contributed by atoms with Crippen LogP contribution in [0.2, 0.25) is 0 Å². The lowest BCUT2D eigenvalue weighted by molar-refractivity contribution is -0.428. The summed E-state index contributed by atoms with van der Waals surface area (Å²) < 4.78 is 0. The summed E-state index contributed by atoms with van der Waals surface area (Å²) in [5.41, 5.74) is 4.68. The Kier molecular flexibility index (Phi) is 2.86. The number of carboxylic acid groups (broad SMARTS) is 1. The average molecular weight is 280 g/mol. The van der Waals surface area contributed by atoms with Crippen LogP contribution >= 0.6 is 0 Å². The van der Waals surface area contributed by atoms with Crippen molar-refractivity contribution < 1.29 is 31.0 Å². The number of benzene rings is 1. The second kappa shape index (κ2) is 4.34. The van der Waals surface area contributed by atoms with Crippen molar-refractivity contribution in [2.45, 2.75) is 24.1 Å². The highest BCUT2D eigenvalue weighted by Gasteiger charge is 2.51. The number of rotatable bonds is 2. The molecule has 0 aliphatic carbocycles. The number of aromatic carboxylic acids is 1. The van der Waals surface area contributed by atoms with Gasteiger partial charge in [-0.05, 0) is 11.6 Å². The molecule has 2 aliphatic rings. The molecule has 3 rings (SSSR count). The number of aliphatic hydroxyl groups is 2. The van der Waals surface area contributed by atoms with Crippen LogP contribution < -0.4 is 15.7 Å². The zero-order valence-electron chi connectivity index (χ0n) is 10.7. The van der Waals surface area contributed by atoms with Gasteiger partial charge in [-0.1, -0.05) is 6.07 Å². The maximum Gasteiger partial charge on any atom is 0.335 e. The van der Waals surface area contributed by atoms with E-state index >= 15 is 0 Å². The van der Waals surface area contributed by atoms with Crippen LogP contribution in [0.25, 0.3) is 0 Å². The molecule has 1 aromatic carbocycles. The number of carboxylic acids is 1. The summed E-state index contributed by atoms with van der Waals surface area (Å²) in [7, 11) is 0. The molecule has 1 fully saturated rings. The van der Waals surface area contributed by atoms with Crippen molar-refractivity contribution in [3.8, 4) is 5.75 Å². The summed E-state index contributed by atoms with van der Waals surface area (Å²) in [6.07, 6.45) is -0.743. The number of hydrogen-bond acceptors (Lipinski definition) is 5. The van der Waals surface area contributed by atoms with Crippen LogP contribution in [0, 0.1) is 0 Å². The predicted octanol–water partition coefficient (Wildman–Crippen LogP) is -2.29. The van der Waals surface area contributed by atoms with Crippen LogP contribution in [-0.4, -0.2) is 52.6 Å². The summed E-state index contributed by atoms with van der Waals surface area (Å²) in [6, 6.07) is 1.87. The molecule has 0 saturated carbocycles. The molecule has 1 unspecified atom stereocenters. The highest BCUT2D eigenvalue weighted by molar-refractivity contribution is 5.91. The van der Waals surface area contributed by atoms with Gasteiger partial charge in [0.05, 0.1) is 24.8 Å². The van der Waals surface area contributed by atoms with Gasteiger partial charge in [-0.3, -0.25) is 0 Å². The number of nitrogens with zero attached hydrogens (tertiary/aromatic N) is 1. The van der Waals surface area contributed by atoms with Gasteiger partial charge in [-0.2, -0.15) is 0 Å². The number of quaternary nitrogens is 1. The van der Waals surface area contributed by atoms with Crippen LogP contribution in [0.1, 0.15) is 21.8 Å². The van der Waals surface area contributed by atoms with E-state index in [2.05, 4.69) is 5.73 Å². The van der Waals surface area contributed by atoms with Crippen LogP contribution in [0.15, 0.2) is 12.1 Å². The van der Waals surface area contributed by atoms with Gasteiger partial charge in [0, 0.05) is 11.6 Å². The first-order valence-corrected chi connectivity index (χ1v) is 6.42. The van der Waals surface area contributed by atoms with E-state index in [1.807, 2.05) is 0 Å². The van der Waals surface area contributed by atoms with Crippen LogP contribution in [-0.2, 0) is 0 Å². The Hall–Kier alpha value is -1.83. The zero-order valence-corrected chi connectivity index (χ0v) is 10.7. The molecule has 7 nitrogen and oxygen atoms in total. The Morgan fingerprint density at radius 2 is 2.20 bits per heavy atom. The average Bonchev–Trinajstić information content (AvgIpc) is 2.86. The van der Waals surface area contributed by atoms with E-state index in [1.54, 1.807) is 4.90 Å². The Labute approximate surface area is 114 Å². The second-order valence-corrected chi connectivity index (χ2v) is 5.40. The maximum atomic E-state index is 12.1. The summed E-state index contributed by atoms with van der Waals surface area (Å²) in [4.78, 5) is 12.9. The van der Waals surface area contributed by atoms with E-state index in [-0.39, 0.29) is 18.2 Å².